The van der Waals surface area contributed by atoms with Crippen LogP contribution in [0.4, 0.5) is 5.82 Å². The number of benzene rings is 2. The van der Waals surface area contributed by atoms with Gasteiger partial charge in [0.15, 0.2) is 0 Å². The maximum absolute atomic E-state index is 12.7. The quantitative estimate of drug-likeness (QED) is 0.538. The first-order valence-corrected chi connectivity index (χ1v) is 11.6. The average Bonchev–Trinajstić information content (AvgIpc) is 3.16. The summed E-state index contributed by atoms with van der Waals surface area (Å²) in [5, 5.41) is 8.06. The van der Waals surface area contributed by atoms with E-state index in [1.165, 1.54) is 35.6 Å². The lowest BCUT2D eigenvalue weighted by atomic mass is 10.2. The topological polar surface area (TPSA) is 84.3 Å². The van der Waals surface area contributed by atoms with E-state index in [1.54, 1.807) is 49.0 Å². The van der Waals surface area contributed by atoms with E-state index in [1.807, 2.05) is 0 Å². The molecule has 7 nitrogen and oxygen atoms in total. The zero-order valence-corrected chi connectivity index (χ0v) is 19.5. The Bertz CT molecular complexity index is 1190. The van der Waals surface area contributed by atoms with Gasteiger partial charge in [-0.1, -0.05) is 29.3 Å². The van der Waals surface area contributed by atoms with Crippen molar-refractivity contribution in [1.82, 2.24) is 14.1 Å². The summed E-state index contributed by atoms with van der Waals surface area (Å²) in [4.78, 5) is 12.8. The van der Waals surface area contributed by atoms with Crippen LogP contribution in [0.5, 0.6) is 0 Å². The number of nitrogens with zero attached hydrogens (tertiary/aromatic N) is 3. The van der Waals surface area contributed by atoms with Crippen LogP contribution in [0.1, 0.15) is 29.8 Å². The van der Waals surface area contributed by atoms with Crippen LogP contribution in [0.15, 0.2) is 59.6 Å². The lowest BCUT2D eigenvalue weighted by molar-refractivity contribution is 0.102. The Morgan fingerprint density at radius 2 is 1.81 bits per heavy atom. The number of halogens is 2. The maximum atomic E-state index is 12.7. The van der Waals surface area contributed by atoms with E-state index in [4.69, 9.17) is 23.2 Å². The Balaban J connectivity index is 1.75. The van der Waals surface area contributed by atoms with Crippen molar-refractivity contribution in [3.05, 3.63) is 75.9 Å². The number of anilines is 1. The summed E-state index contributed by atoms with van der Waals surface area (Å²) in [7, 11) is -2.09. The molecule has 3 aromatic rings. The molecule has 0 spiro atoms. The Labute approximate surface area is 191 Å². The van der Waals surface area contributed by atoms with Crippen molar-refractivity contribution in [2.75, 3.05) is 12.4 Å². The number of rotatable bonds is 7. The first-order chi connectivity index (χ1) is 14.6. The molecule has 1 amide bonds. The molecular weight excluding hydrogens is 459 g/mol. The smallest absolute Gasteiger partial charge is 0.256 e. The molecule has 0 radical (unpaired) electrons. The van der Waals surface area contributed by atoms with Crippen LogP contribution >= 0.6 is 23.2 Å². The van der Waals surface area contributed by atoms with Gasteiger partial charge >= 0.3 is 0 Å². The largest absolute Gasteiger partial charge is 0.307 e. The van der Waals surface area contributed by atoms with Gasteiger partial charge in [-0.05, 0) is 55.8 Å². The molecule has 0 aliphatic rings. The van der Waals surface area contributed by atoms with Crippen LogP contribution in [0, 0.1) is 0 Å². The highest BCUT2D eigenvalue weighted by atomic mass is 35.5. The highest BCUT2D eigenvalue weighted by Gasteiger charge is 2.23. The second kappa shape index (κ2) is 9.40. The highest BCUT2D eigenvalue weighted by Crippen LogP contribution is 2.23. The summed E-state index contributed by atoms with van der Waals surface area (Å²) < 4.78 is 28.0. The fraction of sp³-hybridized carbons (Fsp3) is 0.238. The molecule has 1 aromatic heterocycles. The first kappa shape index (κ1) is 23.3. The SMILES string of the molecule is CC(C)N(C)S(=O)(=O)c1ccc(C(=O)Nc2ccnn2Cc2ccc(Cl)cc2Cl)cc1. The number of nitrogens with one attached hydrogen (secondary N) is 1. The van der Waals surface area contributed by atoms with Crippen molar-refractivity contribution in [2.45, 2.75) is 31.3 Å². The Morgan fingerprint density at radius 3 is 2.42 bits per heavy atom. The van der Waals surface area contributed by atoms with Crippen molar-refractivity contribution in [1.29, 1.82) is 0 Å². The van der Waals surface area contributed by atoms with Gasteiger partial charge in [-0.25, -0.2) is 13.1 Å². The van der Waals surface area contributed by atoms with Gasteiger partial charge < -0.3 is 5.32 Å². The van der Waals surface area contributed by atoms with E-state index >= 15 is 0 Å². The molecule has 3 rings (SSSR count). The number of carbonyl (C=O) groups is 1. The second-order valence-electron chi connectivity index (χ2n) is 7.20. The van der Waals surface area contributed by atoms with E-state index in [9.17, 15) is 13.2 Å². The fourth-order valence-electron chi connectivity index (χ4n) is 2.79. The number of hydrogen-bond acceptors (Lipinski definition) is 4. The zero-order chi connectivity index (χ0) is 22.8. The van der Waals surface area contributed by atoms with E-state index < -0.39 is 10.0 Å². The number of hydrogen-bond donors (Lipinski definition) is 1. The lowest BCUT2D eigenvalue weighted by Crippen LogP contribution is -2.33. The number of aromatic nitrogens is 2. The zero-order valence-electron chi connectivity index (χ0n) is 17.2. The summed E-state index contributed by atoms with van der Waals surface area (Å²) in [5.41, 5.74) is 1.12. The first-order valence-electron chi connectivity index (χ1n) is 9.45. The second-order valence-corrected chi connectivity index (χ2v) is 10.0. The van der Waals surface area contributed by atoms with Gasteiger partial charge in [0.25, 0.3) is 5.91 Å². The molecule has 1 heterocycles. The van der Waals surface area contributed by atoms with Gasteiger partial charge in [0.2, 0.25) is 10.0 Å². The molecule has 0 unspecified atom stereocenters. The van der Waals surface area contributed by atoms with Crippen LogP contribution < -0.4 is 5.32 Å². The van der Waals surface area contributed by atoms with Crippen LogP contribution in [-0.4, -0.2) is 41.5 Å². The summed E-state index contributed by atoms with van der Waals surface area (Å²) in [5.74, 6) is 0.0948. The Morgan fingerprint density at radius 1 is 1.13 bits per heavy atom. The molecule has 0 aliphatic carbocycles. The van der Waals surface area contributed by atoms with Gasteiger partial charge in [0, 0.05) is 34.8 Å². The predicted octanol–water partition coefficient (Wildman–Crippen LogP) is 4.52. The molecular formula is C21H22Cl2N4O3S. The standard InChI is InChI=1S/C21H22Cl2N4O3S/c1-14(2)26(3)31(29,30)18-8-5-15(6-9-18)21(28)25-20-10-11-24-27(20)13-16-4-7-17(22)12-19(16)23/h4-12,14H,13H2,1-3H3,(H,25,28). The van der Waals surface area contributed by atoms with Crippen molar-refractivity contribution in [2.24, 2.45) is 0 Å². The van der Waals surface area contributed by atoms with E-state index in [2.05, 4.69) is 10.4 Å². The predicted molar refractivity (Wildman–Crippen MR) is 122 cm³/mol. The lowest BCUT2D eigenvalue weighted by Gasteiger charge is -2.21. The third-order valence-corrected chi connectivity index (χ3v) is 7.45. The monoisotopic (exact) mass is 480 g/mol. The molecule has 2 aromatic carbocycles. The number of carbonyl (C=O) groups excluding carboxylic acids is 1. The Kier molecular flexibility index (Phi) is 7.06. The molecule has 0 fully saturated rings. The summed E-state index contributed by atoms with van der Waals surface area (Å²) in [6.07, 6.45) is 1.57. The molecule has 0 saturated heterocycles. The van der Waals surface area contributed by atoms with Crippen LogP contribution in [0.3, 0.4) is 0 Å². The van der Waals surface area contributed by atoms with Crippen molar-refractivity contribution < 1.29 is 13.2 Å². The molecule has 0 saturated carbocycles. The minimum atomic E-state index is -3.61. The van der Waals surface area contributed by atoms with Crippen LogP contribution in [-0.2, 0) is 16.6 Å². The van der Waals surface area contributed by atoms with Gasteiger partial charge in [0.05, 0.1) is 17.6 Å². The molecule has 164 valence electrons. The van der Waals surface area contributed by atoms with Crippen molar-refractivity contribution in [3.8, 4) is 0 Å². The van der Waals surface area contributed by atoms with Gasteiger partial charge in [-0.2, -0.15) is 9.40 Å². The molecule has 0 atom stereocenters. The van der Waals surface area contributed by atoms with E-state index in [0.717, 1.165) is 5.56 Å². The minimum absolute atomic E-state index is 0.127. The third kappa shape index (κ3) is 5.27. The Hall–Kier alpha value is -2.39. The fourth-order valence-corrected chi connectivity index (χ4v) is 4.62. The van der Waals surface area contributed by atoms with E-state index in [0.29, 0.717) is 28.0 Å². The van der Waals surface area contributed by atoms with Crippen LogP contribution in [0.2, 0.25) is 10.0 Å². The van der Waals surface area contributed by atoms with Gasteiger partial charge in [-0.3, -0.25) is 4.79 Å². The average molecular weight is 481 g/mol. The normalized spacial score (nSPS) is 11.8. The molecule has 0 bridgehead atoms. The van der Waals surface area contributed by atoms with Crippen LogP contribution in [0.25, 0.3) is 0 Å². The summed E-state index contributed by atoms with van der Waals surface area (Å²) in [6.45, 7) is 3.93. The number of amides is 1. The van der Waals surface area contributed by atoms with Crippen molar-refractivity contribution in [3.63, 3.8) is 0 Å². The van der Waals surface area contributed by atoms with Crippen molar-refractivity contribution >= 4 is 45.0 Å². The molecule has 0 aliphatic heterocycles. The molecule has 10 heteroatoms. The van der Waals surface area contributed by atoms with Gasteiger partial charge in [-0.15, -0.1) is 0 Å². The highest BCUT2D eigenvalue weighted by molar-refractivity contribution is 7.89. The molecule has 31 heavy (non-hydrogen) atoms. The number of sulfonamides is 1. The summed E-state index contributed by atoms with van der Waals surface area (Å²) >= 11 is 12.2. The van der Waals surface area contributed by atoms with Gasteiger partial charge in [0.1, 0.15) is 5.82 Å². The molecule has 1 N–H and O–H groups in total. The van der Waals surface area contributed by atoms with E-state index in [-0.39, 0.29) is 16.8 Å². The maximum Gasteiger partial charge on any atom is 0.256 e. The summed E-state index contributed by atoms with van der Waals surface area (Å²) in [6, 6.07) is 12.5. The minimum Gasteiger partial charge on any atom is -0.307 e. The third-order valence-electron chi connectivity index (χ3n) is 4.81.